The van der Waals surface area contributed by atoms with Gasteiger partial charge in [-0.3, -0.25) is 15.1 Å². The number of aryl methyl sites for hydroxylation is 2. The Balaban J connectivity index is 2.26. The van der Waals surface area contributed by atoms with Crippen molar-refractivity contribution in [2.45, 2.75) is 13.8 Å². The summed E-state index contributed by atoms with van der Waals surface area (Å²) in [5.41, 5.74) is 1.45. The van der Waals surface area contributed by atoms with Crippen LogP contribution in [0.25, 0.3) is 0 Å². The number of nitro groups is 1. The monoisotopic (exact) mass is 244 g/mol. The summed E-state index contributed by atoms with van der Waals surface area (Å²) in [5.74, 6) is 1.59. The van der Waals surface area contributed by atoms with Crippen molar-refractivity contribution in [1.82, 2.24) is 0 Å². The second-order valence-corrected chi connectivity index (χ2v) is 3.90. The maximum absolute atomic E-state index is 10.6. The minimum Gasteiger partial charge on any atom is -0.466 e. The van der Waals surface area contributed by atoms with Crippen LogP contribution >= 0.6 is 0 Å². The predicted molar refractivity (Wildman–Crippen MR) is 68.5 cm³/mol. The minimum atomic E-state index is -0.438. The number of furan rings is 1. The molecule has 2 rings (SSSR count). The lowest BCUT2D eigenvalue weighted by atomic mass is 10.2. The van der Waals surface area contributed by atoms with E-state index < -0.39 is 4.92 Å². The van der Waals surface area contributed by atoms with Gasteiger partial charge >= 0.3 is 0 Å². The van der Waals surface area contributed by atoms with Crippen LogP contribution in [-0.2, 0) is 0 Å². The maximum Gasteiger partial charge on any atom is 0.271 e. The molecule has 1 aromatic carbocycles. The third-order valence-electron chi connectivity index (χ3n) is 2.47. The van der Waals surface area contributed by atoms with Gasteiger partial charge in [0.2, 0.25) is 0 Å². The molecule has 0 atom stereocenters. The van der Waals surface area contributed by atoms with E-state index in [9.17, 15) is 10.1 Å². The third kappa shape index (κ3) is 2.63. The fourth-order valence-corrected chi connectivity index (χ4v) is 1.61. The lowest BCUT2D eigenvalue weighted by molar-refractivity contribution is -0.384. The molecule has 0 N–H and O–H groups in total. The van der Waals surface area contributed by atoms with Gasteiger partial charge in [-0.2, -0.15) is 0 Å². The van der Waals surface area contributed by atoms with Crippen molar-refractivity contribution in [3.63, 3.8) is 0 Å². The van der Waals surface area contributed by atoms with Crippen molar-refractivity contribution in [3.8, 4) is 0 Å². The van der Waals surface area contributed by atoms with Crippen LogP contribution in [0.15, 0.2) is 39.7 Å². The Morgan fingerprint density at radius 3 is 2.72 bits per heavy atom. The molecule has 92 valence electrons. The molecular weight excluding hydrogens is 232 g/mol. The number of nitrogens with zero attached hydrogens (tertiary/aromatic N) is 2. The molecule has 18 heavy (non-hydrogen) atoms. The lowest BCUT2D eigenvalue weighted by Crippen LogP contribution is -1.86. The molecule has 1 heterocycles. The van der Waals surface area contributed by atoms with Gasteiger partial charge in [-0.05, 0) is 26.0 Å². The first-order valence-corrected chi connectivity index (χ1v) is 5.42. The third-order valence-corrected chi connectivity index (χ3v) is 2.47. The van der Waals surface area contributed by atoms with E-state index in [1.54, 1.807) is 18.3 Å². The summed E-state index contributed by atoms with van der Waals surface area (Å²) in [4.78, 5) is 14.4. The topological polar surface area (TPSA) is 68.6 Å². The standard InChI is InChI=1S/C13H12N2O3/c1-9-6-11(10(2)18-9)8-14-12-4-3-5-13(7-12)15(16)17/h3-8H,1-2H3. The van der Waals surface area contributed by atoms with Gasteiger partial charge in [0.05, 0.1) is 10.6 Å². The maximum atomic E-state index is 10.6. The summed E-state index contributed by atoms with van der Waals surface area (Å²) in [6.45, 7) is 3.71. The van der Waals surface area contributed by atoms with Gasteiger partial charge in [-0.25, -0.2) is 0 Å². The Morgan fingerprint density at radius 2 is 2.11 bits per heavy atom. The molecule has 0 aliphatic rings. The molecule has 2 aromatic rings. The van der Waals surface area contributed by atoms with Crippen LogP contribution in [0.1, 0.15) is 17.1 Å². The molecule has 0 spiro atoms. The number of hydrogen-bond acceptors (Lipinski definition) is 4. The largest absolute Gasteiger partial charge is 0.466 e. The number of rotatable bonds is 3. The Bertz CT molecular complexity index is 614. The molecule has 1 aromatic heterocycles. The highest BCUT2D eigenvalue weighted by Crippen LogP contribution is 2.20. The molecule has 0 aliphatic heterocycles. The summed E-state index contributed by atoms with van der Waals surface area (Å²) in [5, 5.41) is 10.6. The van der Waals surface area contributed by atoms with Gasteiger partial charge in [0, 0.05) is 23.9 Å². The van der Waals surface area contributed by atoms with E-state index in [0.717, 1.165) is 17.1 Å². The first kappa shape index (κ1) is 12.0. The molecule has 0 saturated carbocycles. The Hall–Kier alpha value is -2.43. The molecule has 0 aliphatic carbocycles. The van der Waals surface area contributed by atoms with E-state index in [2.05, 4.69) is 4.99 Å². The molecule has 0 bridgehead atoms. The average molecular weight is 244 g/mol. The van der Waals surface area contributed by atoms with Gasteiger partial charge < -0.3 is 4.42 Å². The van der Waals surface area contributed by atoms with Gasteiger partial charge in [0.1, 0.15) is 11.5 Å². The van der Waals surface area contributed by atoms with E-state index >= 15 is 0 Å². The van der Waals surface area contributed by atoms with Crippen LogP contribution in [0.5, 0.6) is 0 Å². The highest BCUT2D eigenvalue weighted by molar-refractivity contribution is 5.83. The SMILES string of the molecule is Cc1cc(C=Nc2cccc([N+](=O)[O-])c2)c(C)o1. The quantitative estimate of drug-likeness (QED) is 0.471. The van der Waals surface area contributed by atoms with Crippen LogP contribution in [0.2, 0.25) is 0 Å². The van der Waals surface area contributed by atoms with E-state index in [1.807, 2.05) is 19.9 Å². The number of non-ortho nitro benzene ring substituents is 1. The summed E-state index contributed by atoms with van der Waals surface area (Å²) < 4.78 is 5.37. The first-order chi connectivity index (χ1) is 8.56. The average Bonchev–Trinajstić information content (AvgIpc) is 2.65. The molecule has 0 amide bonds. The Kier molecular flexibility index (Phi) is 3.23. The van der Waals surface area contributed by atoms with Crippen LogP contribution < -0.4 is 0 Å². The van der Waals surface area contributed by atoms with Crippen LogP contribution in [0.3, 0.4) is 0 Å². The van der Waals surface area contributed by atoms with E-state index in [-0.39, 0.29) is 5.69 Å². The zero-order valence-corrected chi connectivity index (χ0v) is 10.1. The number of benzene rings is 1. The first-order valence-electron chi connectivity index (χ1n) is 5.42. The lowest BCUT2D eigenvalue weighted by Gasteiger charge is -1.94. The Morgan fingerprint density at radius 1 is 1.33 bits per heavy atom. The zero-order valence-electron chi connectivity index (χ0n) is 10.1. The van der Waals surface area contributed by atoms with Crippen molar-refractivity contribution in [3.05, 3.63) is 57.5 Å². The summed E-state index contributed by atoms with van der Waals surface area (Å²) in [6.07, 6.45) is 1.64. The van der Waals surface area contributed by atoms with Crippen LogP contribution in [0.4, 0.5) is 11.4 Å². The van der Waals surface area contributed by atoms with Gasteiger partial charge in [0.15, 0.2) is 0 Å². The summed E-state index contributed by atoms with van der Waals surface area (Å²) >= 11 is 0. The van der Waals surface area contributed by atoms with Crippen molar-refractivity contribution in [2.75, 3.05) is 0 Å². The normalized spacial score (nSPS) is 11.0. The second-order valence-electron chi connectivity index (χ2n) is 3.90. The van der Waals surface area contributed by atoms with Crippen molar-refractivity contribution in [2.24, 2.45) is 4.99 Å². The fourth-order valence-electron chi connectivity index (χ4n) is 1.61. The van der Waals surface area contributed by atoms with E-state index in [0.29, 0.717) is 5.69 Å². The highest BCUT2D eigenvalue weighted by atomic mass is 16.6. The van der Waals surface area contributed by atoms with Crippen molar-refractivity contribution < 1.29 is 9.34 Å². The van der Waals surface area contributed by atoms with Crippen LogP contribution in [-0.4, -0.2) is 11.1 Å². The molecular formula is C13H12N2O3. The number of nitro benzene ring substituents is 1. The van der Waals surface area contributed by atoms with Gasteiger partial charge in [0.25, 0.3) is 5.69 Å². The predicted octanol–water partition coefficient (Wildman–Crippen LogP) is 3.56. The van der Waals surface area contributed by atoms with E-state index in [1.165, 1.54) is 12.1 Å². The number of hydrogen-bond donors (Lipinski definition) is 0. The Labute approximate surface area is 104 Å². The molecule has 0 saturated heterocycles. The molecule has 0 unspecified atom stereocenters. The van der Waals surface area contributed by atoms with E-state index in [4.69, 9.17) is 4.42 Å². The minimum absolute atomic E-state index is 0.0322. The molecule has 0 radical (unpaired) electrons. The summed E-state index contributed by atoms with van der Waals surface area (Å²) in [6, 6.07) is 8.06. The van der Waals surface area contributed by atoms with Gasteiger partial charge in [-0.1, -0.05) is 6.07 Å². The van der Waals surface area contributed by atoms with Crippen molar-refractivity contribution >= 4 is 17.6 Å². The second kappa shape index (κ2) is 4.83. The van der Waals surface area contributed by atoms with Gasteiger partial charge in [-0.15, -0.1) is 0 Å². The zero-order chi connectivity index (χ0) is 13.1. The van der Waals surface area contributed by atoms with Crippen molar-refractivity contribution in [1.29, 1.82) is 0 Å². The fraction of sp³-hybridized carbons (Fsp3) is 0.154. The highest BCUT2D eigenvalue weighted by Gasteiger charge is 2.05. The smallest absolute Gasteiger partial charge is 0.271 e. The number of aliphatic imine (C=N–C) groups is 1. The van der Waals surface area contributed by atoms with Crippen LogP contribution in [0, 0.1) is 24.0 Å². The molecule has 5 nitrogen and oxygen atoms in total. The molecule has 5 heteroatoms. The molecule has 0 fully saturated rings. The summed E-state index contributed by atoms with van der Waals surface area (Å²) in [7, 11) is 0.